The molecule has 1 aromatic carbocycles. The second-order valence-corrected chi connectivity index (χ2v) is 6.48. The lowest BCUT2D eigenvalue weighted by atomic mass is 9.97. The predicted molar refractivity (Wildman–Crippen MR) is 83.3 cm³/mol. The van der Waals surface area contributed by atoms with Crippen LogP contribution in [0.4, 0.5) is 0 Å². The Balaban J connectivity index is 2.70. The van der Waals surface area contributed by atoms with Gasteiger partial charge in [0.05, 0.1) is 0 Å². The Morgan fingerprint density at radius 2 is 1.78 bits per heavy atom. The summed E-state index contributed by atoms with van der Waals surface area (Å²) >= 11 is 1.91. The molecular weight excluding hydrogens is 238 g/mol. The third-order valence-corrected chi connectivity index (χ3v) is 3.84. The summed E-state index contributed by atoms with van der Waals surface area (Å²) in [4.78, 5) is 1.38. The average molecular weight is 265 g/mol. The van der Waals surface area contributed by atoms with Crippen LogP contribution >= 0.6 is 11.8 Å². The Kier molecular flexibility index (Phi) is 7.45. The zero-order chi connectivity index (χ0) is 13.4. The molecule has 0 radical (unpaired) electrons. The van der Waals surface area contributed by atoms with E-state index in [0.29, 0.717) is 6.04 Å². The van der Waals surface area contributed by atoms with Gasteiger partial charge in [-0.3, -0.25) is 0 Å². The SMILES string of the molecule is CCCNC(CC(C)C)c1ccc(SCC)cc1. The van der Waals surface area contributed by atoms with Crippen LogP contribution in [0.3, 0.4) is 0 Å². The van der Waals surface area contributed by atoms with Gasteiger partial charge in [-0.15, -0.1) is 11.8 Å². The van der Waals surface area contributed by atoms with Gasteiger partial charge in [0.1, 0.15) is 0 Å². The highest BCUT2D eigenvalue weighted by molar-refractivity contribution is 7.99. The third kappa shape index (κ3) is 5.45. The molecule has 18 heavy (non-hydrogen) atoms. The van der Waals surface area contributed by atoms with Gasteiger partial charge in [0.25, 0.3) is 0 Å². The monoisotopic (exact) mass is 265 g/mol. The van der Waals surface area contributed by atoms with Crippen LogP contribution in [0.1, 0.15) is 52.1 Å². The number of benzene rings is 1. The summed E-state index contributed by atoms with van der Waals surface area (Å²) in [5.41, 5.74) is 1.43. The van der Waals surface area contributed by atoms with Crippen molar-refractivity contribution < 1.29 is 0 Å². The topological polar surface area (TPSA) is 12.0 Å². The second-order valence-electron chi connectivity index (χ2n) is 5.14. The van der Waals surface area contributed by atoms with Crippen LogP contribution in [0.2, 0.25) is 0 Å². The maximum absolute atomic E-state index is 3.66. The number of nitrogens with one attached hydrogen (secondary N) is 1. The molecule has 0 amide bonds. The van der Waals surface area contributed by atoms with Crippen molar-refractivity contribution in [2.45, 2.75) is 51.5 Å². The molecule has 1 nitrogen and oxygen atoms in total. The summed E-state index contributed by atoms with van der Waals surface area (Å²) < 4.78 is 0. The van der Waals surface area contributed by atoms with Crippen LogP contribution in [0.25, 0.3) is 0 Å². The summed E-state index contributed by atoms with van der Waals surface area (Å²) in [6, 6.07) is 9.58. The van der Waals surface area contributed by atoms with Crippen LogP contribution in [0, 0.1) is 5.92 Å². The third-order valence-electron chi connectivity index (χ3n) is 2.94. The lowest BCUT2D eigenvalue weighted by Crippen LogP contribution is -2.23. The molecule has 1 unspecified atom stereocenters. The van der Waals surface area contributed by atoms with Crippen molar-refractivity contribution in [3.8, 4) is 0 Å². The summed E-state index contributed by atoms with van der Waals surface area (Å²) in [6.45, 7) is 10.1. The lowest BCUT2D eigenvalue weighted by Gasteiger charge is -2.21. The molecule has 1 atom stereocenters. The average Bonchev–Trinajstić information content (AvgIpc) is 2.35. The Hall–Kier alpha value is -0.470. The first kappa shape index (κ1) is 15.6. The highest BCUT2D eigenvalue weighted by atomic mass is 32.2. The summed E-state index contributed by atoms with van der Waals surface area (Å²) in [5, 5.41) is 3.66. The Bertz CT molecular complexity index is 318. The van der Waals surface area contributed by atoms with E-state index in [9.17, 15) is 0 Å². The van der Waals surface area contributed by atoms with Crippen molar-refractivity contribution in [2.24, 2.45) is 5.92 Å². The normalized spacial score (nSPS) is 12.9. The van der Waals surface area contributed by atoms with E-state index in [4.69, 9.17) is 0 Å². The Morgan fingerprint density at radius 1 is 1.11 bits per heavy atom. The van der Waals surface area contributed by atoms with E-state index in [1.807, 2.05) is 11.8 Å². The lowest BCUT2D eigenvalue weighted by molar-refractivity contribution is 0.430. The Morgan fingerprint density at radius 3 is 2.28 bits per heavy atom. The Labute approximate surface area is 117 Å². The molecule has 0 fully saturated rings. The second kappa shape index (κ2) is 8.60. The van der Waals surface area contributed by atoms with Gasteiger partial charge in [-0.1, -0.05) is 39.8 Å². The highest BCUT2D eigenvalue weighted by Gasteiger charge is 2.12. The summed E-state index contributed by atoms with van der Waals surface area (Å²) in [5.74, 6) is 1.87. The van der Waals surface area contributed by atoms with E-state index >= 15 is 0 Å². The fourth-order valence-electron chi connectivity index (χ4n) is 2.09. The minimum atomic E-state index is 0.505. The van der Waals surface area contributed by atoms with Crippen molar-refractivity contribution in [3.05, 3.63) is 29.8 Å². The van der Waals surface area contributed by atoms with Crippen molar-refractivity contribution in [3.63, 3.8) is 0 Å². The van der Waals surface area contributed by atoms with Gasteiger partial charge < -0.3 is 5.32 Å². The van der Waals surface area contributed by atoms with Crippen molar-refractivity contribution in [1.29, 1.82) is 0 Å². The van der Waals surface area contributed by atoms with Crippen molar-refractivity contribution >= 4 is 11.8 Å². The molecule has 1 aromatic rings. The molecule has 0 bridgehead atoms. The van der Waals surface area contributed by atoms with Crippen LogP contribution in [0.15, 0.2) is 29.2 Å². The fourth-order valence-corrected chi connectivity index (χ4v) is 2.75. The number of hydrogen-bond donors (Lipinski definition) is 1. The zero-order valence-corrected chi connectivity index (χ0v) is 13.0. The van der Waals surface area contributed by atoms with Crippen molar-refractivity contribution in [2.75, 3.05) is 12.3 Å². The van der Waals surface area contributed by atoms with Gasteiger partial charge >= 0.3 is 0 Å². The van der Waals surface area contributed by atoms with Gasteiger partial charge in [-0.25, -0.2) is 0 Å². The van der Waals surface area contributed by atoms with Gasteiger partial charge in [0.15, 0.2) is 0 Å². The predicted octanol–water partition coefficient (Wildman–Crippen LogP) is 4.89. The van der Waals surface area contributed by atoms with E-state index in [0.717, 1.165) is 18.2 Å². The molecule has 0 spiro atoms. The van der Waals surface area contributed by atoms with Crippen LogP contribution in [0.5, 0.6) is 0 Å². The van der Waals surface area contributed by atoms with Crippen molar-refractivity contribution in [1.82, 2.24) is 5.32 Å². The van der Waals surface area contributed by atoms with Gasteiger partial charge in [0, 0.05) is 10.9 Å². The van der Waals surface area contributed by atoms with Crippen LogP contribution < -0.4 is 5.32 Å². The van der Waals surface area contributed by atoms with Gasteiger partial charge in [0.2, 0.25) is 0 Å². The molecule has 0 heterocycles. The van der Waals surface area contributed by atoms with Gasteiger partial charge in [-0.05, 0) is 48.8 Å². The van der Waals surface area contributed by atoms with E-state index in [-0.39, 0.29) is 0 Å². The van der Waals surface area contributed by atoms with Crippen LogP contribution in [-0.2, 0) is 0 Å². The molecule has 1 rings (SSSR count). The van der Waals surface area contributed by atoms with E-state index < -0.39 is 0 Å². The molecular formula is C16H27NS. The number of rotatable bonds is 8. The summed E-state index contributed by atoms with van der Waals surface area (Å²) in [7, 11) is 0. The number of hydrogen-bond acceptors (Lipinski definition) is 2. The quantitative estimate of drug-likeness (QED) is 0.672. The molecule has 0 saturated carbocycles. The molecule has 0 aliphatic rings. The van der Waals surface area contributed by atoms with E-state index in [2.05, 4.69) is 57.3 Å². The maximum Gasteiger partial charge on any atom is 0.0322 e. The molecule has 1 N–H and O–H groups in total. The number of thioether (sulfide) groups is 1. The maximum atomic E-state index is 3.66. The smallest absolute Gasteiger partial charge is 0.0322 e. The minimum Gasteiger partial charge on any atom is -0.310 e. The molecule has 0 aromatic heterocycles. The molecule has 0 saturated heterocycles. The first-order chi connectivity index (χ1) is 8.67. The largest absolute Gasteiger partial charge is 0.310 e. The summed E-state index contributed by atoms with van der Waals surface area (Å²) in [6.07, 6.45) is 2.40. The molecule has 0 aliphatic carbocycles. The molecule has 0 aliphatic heterocycles. The molecule has 102 valence electrons. The first-order valence-electron chi connectivity index (χ1n) is 7.13. The first-order valence-corrected chi connectivity index (χ1v) is 8.12. The van der Waals surface area contributed by atoms with Crippen LogP contribution in [-0.4, -0.2) is 12.3 Å². The van der Waals surface area contributed by atoms with E-state index in [1.54, 1.807) is 0 Å². The fraction of sp³-hybridized carbons (Fsp3) is 0.625. The minimum absolute atomic E-state index is 0.505. The zero-order valence-electron chi connectivity index (χ0n) is 12.2. The molecule has 2 heteroatoms. The standard InChI is InChI=1S/C16H27NS/c1-5-11-17-16(12-13(3)4)14-7-9-15(10-8-14)18-6-2/h7-10,13,16-17H,5-6,11-12H2,1-4H3. The highest BCUT2D eigenvalue weighted by Crippen LogP contribution is 2.24. The van der Waals surface area contributed by atoms with E-state index in [1.165, 1.54) is 23.3 Å². The van der Waals surface area contributed by atoms with Gasteiger partial charge in [-0.2, -0.15) is 0 Å².